The molecule has 0 aliphatic heterocycles. The second kappa shape index (κ2) is 4.85. The molecule has 0 rings (SSSR count). The molecule has 0 fully saturated rings. The van der Waals surface area contributed by atoms with Gasteiger partial charge in [-0.05, 0) is 6.92 Å². The van der Waals surface area contributed by atoms with Crippen LogP contribution < -0.4 is 0 Å². The Hall–Kier alpha value is -0.930. The first kappa shape index (κ1) is 11.1. The normalized spacial score (nSPS) is 12.1. The molecule has 0 amide bonds. The van der Waals surface area contributed by atoms with Crippen LogP contribution in [0.4, 0.5) is 0 Å². The number of ether oxygens (including phenoxy) is 1. The molecule has 0 saturated heterocycles. The Balaban J connectivity index is 4.60. The van der Waals surface area contributed by atoms with Crippen LogP contribution in [0.2, 0.25) is 0 Å². The average molecular weight is 188 g/mol. The lowest BCUT2D eigenvalue weighted by atomic mass is 10.8. The van der Waals surface area contributed by atoms with Gasteiger partial charge in [-0.25, -0.2) is 0 Å². The molecule has 0 atom stereocenters. The predicted molar refractivity (Wildman–Crippen MR) is 50.4 cm³/mol. The highest BCUT2D eigenvalue weighted by molar-refractivity contribution is 8.04. The molecule has 4 nitrogen and oxygen atoms in total. The lowest BCUT2D eigenvalue weighted by Gasteiger charge is -2.05. The van der Waals surface area contributed by atoms with Crippen molar-refractivity contribution in [2.45, 2.75) is 6.92 Å². The molecular weight excluding hydrogens is 176 g/mol. The minimum atomic E-state index is -2.05. The molecule has 0 bridgehead atoms. The molecule has 0 saturated carbocycles. The van der Waals surface area contributed by atoms with Crippen LogP contribution in [0, 0.1) is 0 Å². The molecule has 0 heterocycles. The van der Waals surface area contributed by atoms with Crippen LogP contribution in [-0.4, -0.2) is 25.1 Å². The van der Waals surface area contributed by atoms with Crippen molar-refractivity contribution in [1.82, 2.24) is 0 Å². The summed E-state index contributed by atoms with van der Waals surface area (Å²) in [5, 5.41) is 9.59. The van der Waals surface area contributed by atoms with Crippen LogP contribution in [0.1, 0.15) is 6.92 Å². The van der Waals surface area contributed by atoms with Gasteiger partial charge in [0.1, 0.15) is 22.4 Å². The van der Waals surface area contributed by atoms with Crippen molar-refractivity contribution >= 4 is 15.9 Å². The van der Waals surface area contributed by atoms with Gasteiger partial charge in [0.05, 0.1) is 6.61 Å². The summed E-state index contributed by atoms with van der Waals surface area (Å²) in [6.07, 6.45) is 3.11. The van der Waals surface area contributed by atoms with Crippen molar-refractivity contribution in [2.75, 3.05) is 19.1 Å². The van der Waals surface area contributed by atoms with E-state index < -0.39 is 9.93 Å². The van der Waals surface area contributed by atoms with Gasteiger partial charge in [0.25, 0.3) is 0 Å². The summed E-state index contributed by atoms with van der Waals surface area (Å²) in [6, 6.07) is 1.58. The molecule has 68 valence electrons. The summed E-state index contributed by atoms with van der Waals surface area (Å²) >= 11 is 0. The molecule has 0 aliphatic carbocycles. The van der Waals surface area contributed by atoms with Crippen molar-refractivity contribution in [3.8, 4) is 0 Å². The first-order valence-electron chi connectivity index (χ1n) is 3.38. The Bertz CT molecular complexity index is 261. The third-order valence-electron chi connectivity index (χ3n) is 0.837. The van der Waals surface area contributed by atoms with Crippen LogP contribution in [0.15, 0.2) is 16.3 Å². The number of hydrogen-bond donors (Lipinski definition) is 0. The fraction of sp³-hybridized carbons (Fsp3) is 0.571. The average Bonchev–Trinajstić information content (AvgIpc) is 1.84. The van der Waals surface area contributed by atoms with E-state index in [0.29, 0.717) is 6.61 Å². The van der Waals surface area contributed by atoms with Gasteiger partial charge in [0.15, 0.2) is 11.3 Å². The molecule has 0 radical (unpaired) electrons. The largest absolute Gasteiger partial charge is 0.492 e. The van der Waals surface area contributed by atoms with Gasteiger partial charge in [-0.2, -0.15) is 0 Å². The summed E-state index contributed by atoms with van der Waals surface area (Å²) in [6.45, 7) is 2.18. The number of hydrogen-bond acceptors (Lipinski definition) is 3. The highest BCUT2D eigenvalue weighted by Crippen LogP contribution is 2.05. The molecule has 0 aromatic rings. The quantitative estimate of drug-likeness (QED) is 0.379. The number of nitrogens with zero attached hydrogens (tertiary/aromatic N) is 2. The third-order valence-corrected chi connectivity index (χ3v) is 1.61. The van der Waals surface area contributed by atoms with Crippen molar-refractivity contribution < 1.29 is 8.95 Å². The smallest absolute Gasteiger partial charge is 0.164 e. The van der Waals surface area contributed by atoms with E-state index >= 15 is 0 Å². The van der Waals surface area contributed by atoms with Crippen LogP contribution >= 0.6 is 0 Å². The zero-order valence-corrected chi connectivity index (χ0v) is 8.22. The van der Waals surface area contributed by atoms with Gasteiger partial charge in [0, 0.05) is 0 Å². The molecule has 0 aliphatic rings. The summed E-state index contributed by atoms with van der Waals surface area (Å²) in [5.74, 6) is 0.134. The minimum absolute atomic E-state index is 0.134. The maximum absolute atomic E-state index is 11.2. The van der Waals surface area contributed by atoms with E-state index in [1.807, 2.05) is 0 Å². The maximum Gasteiger partial charge on any atom is 0.164 e. The van der Waals surface area contributed by atoms with Crippen molar-refractivity contribution in [3.05, 3.63) is 16.7 Å². The van der Waals surface area contributed by atoms with E-state index in [1.165, 1.54) is 5.41 Å². The molecule has 0 N–H and O–H groups in total. The molecule has 0 spiro atoms. The third kappa shape index (κ3) is 5.82. The van der Waals surface area contributed by atoms with Crippen LogP contribution in [-0.2, 0) is 18.9 Å². The Morgan fingerprint density at radius 2 is 2.33 bits per heavy atom. The molecule has 0 unspecified atom stereocenters. The first-order chi connectivity index (χ1) is 5.49. The molecule has 0 aromatic carbocycles. The summed E-state index contributed by atoms with van der Waals surface area (Å²) in [4.78, 5) is 3.36. The van der Waals surface area contributed by atoms with Crippen molar-refractivity contribution in [3.63, 3.8) is 0 Å². The van der Waals surface area contributed by atoms with Crippen LogP contribution in [0.5, 0.6) is 0 Å². The lowest BCUT2D eigenvalue weighted by Crippen LogP contribution is -2.01. The molecule has 0 aromatic heterocycles. The fourth-order valence-electron chi connectivity index (χ4n) is 0.533. The molecule has 5 heteroatoms. The SMILES string of the molecule is CCO/C(=C/[S+](C)(C)=O)N=C=[N-]. The maximum atomic E-state index is 11.2. The van der Waals surface area contributed by atoms with Gasteiger partial charge in [0.2, 0.25) is 0 Å². The number of rotatable bonds is 4. The Morgan fingerprint density at radius 1 is 1.75 bits per heavy atom. The van der Waals surface area contributed by atoms with Crippen molar-refractivity contribution in [1.29, 1.82) is 0 Å². The van der Waals surface area contributed by atoms with E-state index in [2.05, 4.69) is 4.99 Å². The van der Waals surface area contributed by atoms with Gasteiger partial charge in [-0.3, -0.25) is 0 Å². The van der Waals surface area contributed by atoms with E-state index in [-0.39, 0.29) is 5.88 Å². The molecule has 12 heavy (non-hydrogen) atoms. The summed E-state index contributed by atoms with van der Waals surface area (Å²) in [5.41, 5.74) is 0. The standard InChI is InChI=1S/C7H12N2O2S/c1-4-11-7(9-6-8)5-12(2,3)10/h5H,4H2,1-3H3/b7-5+. The monoisotopic (exact) mass is 188 g/mol. The Morgan fingerprint density at radius 3 is 2.67 bits per heavy atom. The highest BCUT2D eigenvalue weighted by Gasteiger charge is 2.08. The van der Waals surface area contributed by atoms with Crippen LogP contribution in [0.3, 0.4) is 0 Å². The Kier molecular flexibility index (Phi) is 4.47. The van der Waals surface area contributed by atoms with E-state index in [0.717, 1.165) is 0 Å². The van der Waals surface area contributed by atoms with Gasteiger partial charge >= 0.3 is 0 Å². The Labute approximate surface area is 73.3 Å². The highest BCUT2D eigenvalue weighted by atomic mass is 32.2. The van der Waals surface area contributed by atoms with Crippen molar-refractivity contribution in [2.24, 2.45) is 4.99 Å². The topological polar surface area (TPSA) is 61.0 Å². The van der Waals surface area contributed by atoms with E-state index in [1.54, 1.807) is 25.4 Å². The zero-order chi connectivity index (χ0) is 9.61. The predicted octanol–water partition coefficient (Wildman–Crippen LogP) is 1.32. The second-order valence-corrected chi connectivity index (χ2v) is 5.26. The van der Waals surface area contributed by atoms with E-state index in [9.17, 15) is 4.21 Å². The fourth-order valence-corrected chi connectivity index (χ4v) is 1.14. The summed E-state index contributed by atoms with van der Waals surface area (Å²) < 4.78 is 16.2. The zero-order valence-electron chi connectivity index (χ0n) is 7.40. The lowest BCUT2D eigenvalue weighted by molar-refractivity contribution is 0.228. The van der Waals surface area contributed by atoms with Gasteiger partial charge in [-0.15, -0.1) is 10.2 Å². The van der Waals surface area contributed by atoms with Crippen LogP contribution in [0.25, 0.3) is 5.41 Å². The minimum Gasteiger partial charge on any atom is -0.492 e. The van der Waals surface area contributed by atoms with E-state index in [4.69, 9.17) is 10.1 Å². The van der Waals surface area contributed by atoms with Gasteiger partial charge in [-0.1, -0.05) is 0 Å². The second-order valence-electron chi connectivity index (χ2n) is 2.41. The van der Waals surface area contributed by atoms with Gasteiger partial charge < -0.3 is 15.1 Å². The number of aliphatic imine (C=N–C) groups is 1. The molecular formula is C7H12N2O2S. The summed E-state index contributed by atoms with van der Waals surface area (Å²) in [7, 11) is -2.05. The first-order valence-corrected chi connectivity index (χ1v) is 5.82.